The second-order valence-corrected chi connectivity index (χ2v) is 4.83. The number of rotatable bonds is 6. The molecular weight excluding hydrogens is 264 g/mol. The fraction of sp³-hybridized carbons (Fsp3) is 0.278. The van der Waals surface area contributed by atoms with Crippen LogP contribution < -0.4 is 4.74 Å². The van der Waals surface area contributed by atoms with Gasteiger partial charge in [0.2, 0.25) is 0 Å². The van der Waals surface area contributed by atoms with Crippen LogP contribution in [0.25, 0.3) is 0 Å². The number of hydrogen-bond donors (Lipinski definition) is 0. The molecule has 0 heterocycles. The van der Waals surface area contributed by atoms with Gasteiger partial charge in [0.25, 0.3) is 0 Å². The predicted octanol–water partition coefficient (Wildman–Crippen LogP) is 4.00. The fourth-order valence-electron chi connectivity index (χ4n) is 2.16. The maximum atomic E-state index is 11.7. The third-order valence-corrected chi connectivity index (χ3v) is 3.28. The summed E-state index contributed by atoms with van der Waals surface area (Å²) in [4.78, 5) is 11.7. The van der Waals surface area contributed by atoms with Gasteiger partial charge in [-0.15, -0.1) is 0 Å². The van der Waals surface area contributed by atoms with Crippen molar-refractivity contribution < 1.29 is 14.3 Å². The van der Waals surface area contributed by atoms with Gasteiger partial charge in [-0.3, -0.25) is 0 Å². The number of aryl methyl sites for hydroxylation is 1. The van der Waals surface area contributed by atoms with Gasteiger partial charge in [0, 0.05) is 5.56 Å². The van der Waals surface area contributed by atoms with E-state index in [1.165, 1.54) is 12.7 Å². The summed E-state index contributed by atoms with van der Waals surface area (Å²) in [6, 6.07) is 15.4. The van der Waals surface area contributed by atoms with Crippen LogP contribution in [0.15, 0.2) is 48.5 Å². The lowest BCUT2D eigenvalue weighted by Crippen LogP contribution is -2.07. The van der Waals surface area contributed by atoms with Gasteiger partial charge in [0.1, 0.15) is 12.4 Å². The molecule has 2 aromatic carbocycles. The molecule has 0 bridgehead atoms. The Labute approximate surface area is 125 Å². The van der Waals surface area contributed by atoms with Crippen molar-refractivity contribution in [3.63, 3.8) is 0 Å². The molecule has 0 aliphatic carbocycles. The first-order chi connectivity index (χ1) is 10.2. The predicted molar refractivity (Wildman–Crippen MR) is 82.6 cm³/mol. The largest absolute Gasteiger partial charge is 0.489 e. The van der Waals surface area contributed by atoms with Crippen molar-refractivity contribution in [2.45, 2.75) is 26.4 Å². The molecule has 3 heteroatoms. The van der Waals surface area contributed by atoms with Gasteiger partial charge in [-0.25, -0.2) is 4.79 Å². The van der Waals surface area contributed by atoms with E-state index in [2.05, 4.69) is 19.1 Å². The first kappa shape index (κ1) is 15.1. The van der Waals surface area contributed by atoms with Crippen molar-refractivity contribution in [1.82, 2.24) is 0 Å². The molecule has 0 saturated carbocycles. The Morgan fingerprint density at radius 1 is 1.05 bits per heavy atom. The van der Waals surface area contributed by atoms with Crippen molar-refractivity contribution in [3.05, 3.63) is 65.2 Å². The first-order valence-electron chi connectivity index (χ1n) is 7.12. The van der Waals surface area contributed by atoms with E-state index in [-0.39, 0.29) is 5.97 Å². The smallest absolute Gasteiger partial charge is 0.338 e. The Bertz CT molecular complexity index is 588. The summed E-state index contributed by atoms with van der Waals surface area (Å²) in [6.07, 6.45) is 2.21. The maximum Gasteiger partial charge on any atom is 0.338 e. The average molecular weight is 284 g/mol. The Hall–Kier alpha value is -2.29. The molecule has 0 fully saturated rings. The SMILES string of the molecule is CCCc1ccc(OCc2ccccc2C(=O)OC)cc1. The molecule has 0 aliphatic heterocycles. The van der Waals surface area contributed by atoms with E-state index in [9.17, 15) is 4.79 Å². The third-order valence-electron chi connectivity index (χ3n) is 3.28. The van der Waals surface area contributed by atoms with Crippen LogP contribution in [0.3, 0.4) is 0 Å². The molecule has 0 N–H and O–H groups in total. The Balaban J connectivity index is 2.04. The normalized spacial score (nSPS) is 10.2. The van der Waals surface area contributed by atoms with E-state index in [0.717, 1.165) is 24.2 Å². The molecule has 0 radical (unpaired) electrons. The number of benzene rings is 2. The van der Waals surface area contributed by atoms with E-state index < -0.39 is 0 Å². The second kappa shape index (κ2) is 7.48. The number of esters is 1. The van der Waals surface area contributed by atoms with Gasteiger partial charge in [-0.05, 0) is 30.2 Å². The molecule has 0 aromatic heterocycles. The van der Waals surface area contributed by atoms with E-state index >= 15 is 0 Å². The Morgan fingerprint density at radius 2 is 1.76 bits per heavy atom. The summed E-state index contributed by atoms with van der Waals surface area (Å²) in [5.74, 6) is 0.460. The molecule has 0 unspecified atom stereocenters. The van der Waals surface area contributed by atoms with Gasteiger partial charge in [-0.2, -0.15) is 0 Å². The van der Waals surface area contributed by atoms with Crippen molar-refractivity contribution in [2.24, 2.45) is 0 Å². The van der Waals surface area contributed by atoms with Gasteiger partial charge in [0.15, 0.2) is 0 Å². The topological polar surface area (TPSA) is 35.5 Å². The summed E-state index contributed by atoms with van der Waals surface area (Å²) in [5, 5.41) is 0. The van der Waals surface area contributed by atoms with Crippen LogP contribution in [-0.2, 0) is 17.8 Å². The maximum absolute atomic E-state index is 11.7. The van der Waals surface area contributed by atoms with Crippen molar-refractivity contribution in [3.8, 4) is 5.75 Å². The zero-order chi connectivity index (χ0) is 15.1. The number of ether oxygens (including phenoxy) is 2. The Kier molecular flexibility index (Phi) is 5.38. The van der Waals surface area contributed by atoms with Crippen LogP contribution in [0.4, 0.5) is 0 Å². The lowest BCUT2D eigenvalue weighted by atomic mass is 10.1. The molecule has 3 nitrogen and oxygen atoms in total. The monoisotopic (exact) mass is 284 g/mol. The molecule has 2 rings (SSSR count). The number of carbonyl (C=O) groups excluding carboxylic acids is 1. The summed E-state index contributed by atoms with van der Waals surface area (Å²) in [5.41, 5.74) is 2.67. The zero-order valence-corrected chi connectivity index (χ0v) is 12.5. The third kappa shape index (κ3) is 4.09. The Morgan fingerprint density at radius 3 is 2.43 bits per heavy atom. The number of hydrogen-bond acceptors (Lipinski definition) is 3. The molecule has 0 spiro atoms. The highest BCUT2D eigenvalue weighted by Gasteiger charge is 2.11. The summed E-state index contributed by atoms with van der Waals surface area (Å²) in [7, 11) is 1.38. The van der Waals surface area contributed by atoms with E-state index in [4.69, 9.17) is 9.47 Å². The van der Waals surface area contributed by atoms with Crippen LogP contribution >= 0.6 is 0 Å². The van der Waals surface area contributed by atoms with Crippen LogP contribution in [0, 0.1) is 0 Å². The zero-order valence-electron chi connectivity index (χ0n) is 12.5. The minimum atomic E-state index is -0.340. The van der Waals surface area contributed by atoms with Crippen LogP contribution in [0.1, 0.15) is 34.8 Å². The van der Waals surface area contributed by atoms with Gasteiger partial charge < -0.3 is 9.47 Å². The summed E-state index contributed by atoms with van der Waals surface area (Å²) < 4.78 is 10.5. The molecule has 0 saturated heterocycles. The second-order valence-electron chi connectivity index (χ2n) is 4.83. The summed E-state index contributed by atoms with van der Waals surface area (Å²) in [6.45, 7) is 2.51. The van der Waals surface area contributed by atoms with Gasteiger partial charge >= 0.3 is 5.97 Å². The molecule has 2 aromatic rings. The minimum absolute atomic E-state index is 0.340. The standard InChI is InChI=1S/C18H20O3/c1-3-6-14-9-11-16(12-10-14)21-13-15-7-4-5-8-17(15)18(19)20-2/h4-5,7-12H,3,6,13H2,1-2H3. The number of methoxy groups -OCH3 is 1. The summed E-state index contributed by atoms with van der Waals surface area (Å²) >= 11 is 0. The molecule has 0 aliphatic rings. The van der Waals surface area contributed by atoms with Gasteiger partial charge in [0.05, 0.1) is 12.7 Å². The number of carbonyl (C=O) groups is 1. The fourth-order valence-corrected chi connectivity index (χ4v) is 2.16. The van der Waals surface area contributed by atoms with E-state index in [1.54, 1.807) is 6.07 Å². The van der Waals surface area contributed by atoms with Crippen LogP contribution in [-0.4, -0.2) is 13.1 Å². The van der Waals surface area contributed by atoms with E-state index in [1.807, 2.05) is 30.3 Å². The highest BCUT2D eigenvalue weighted by atomic mass is 16.5. The molecule has 110 valence electrons. The van der Waals surface area contributed by atoms with Crippen molar-refractivity contribution >= 4 is 5.97 Å². The van der Waals surface area contributed by atoms with Crippen LogP contribution in [0.2, 0.25) is 0 Å². The highest BCUT2D eigenvalue weighted by Crippen LogP contribution is 2.17. The molecule has 0 amide bonds. The highest BCUT2D eigenvalue weighted by molar-refractivity contribution is 5.90. The van der Waals surface area contributed by atoms with Crippen LogP contribution in [0.5, 0.6) is 5.75 Å². The first-order valence-corrected chi connectivity index (χ1v) is 7.12. The van der Waals surface area contributed by atoms with Gasteiger partial charge in [-0.1, -0.05) is 43.7 Å². The van der Waals surface area contributed by atoms with Crippen molar-refractivity contribution in [1.29, 1.82) is 0 Å². The quantitative estimate of drug-likeness (QED) is 0.752. The van der Waals surface area contributed by atoms with Crippen molar-refractivity contribution in [2.75, 3.05) is 7.11 Å². The molecule has 21 heavy (non-hydrogen) atoms. The molecule has 0 atom stereocenters. The average Bonchev–Trinajstić information content (AvgIpc) is 2.54. The lowest BCUT2D eigenvalue weighted by Gasteiger charge is -2.10. The van der Waals surface area contributed by atoms with E-state index in [0.29, 0.717) is 12.2 Å². The molecular formula is C18H20O3. The minimum Gasteiger partial charge on any atom is -0.489 e. The lowest BCUT2D eigenvalue weighted by molar-refractivity contribution is 0.0597.